The van der Waals surface area contributed by atoms with Crippen LogP contribution >= 0.6 is 34.5 Å². The Morgan fingerprint density at radius 1 is 1.06 bits per heavy atom. The van der Waals surface area contributed by atoms with E-state index in [9.17, 15) is 4.79 Å². The number of nitrogens with zero attached hydrogens (tertiary/aromatic N) is 3. The van der Waals surface area contributed by atoms with Gasteiger partial charge in [0.05, 0.1) is 28.5 Å². The van der Waals surface area contributed by atoms with E-state index in [4.69, 9.17) is 32.9 Å². The second kappa shape index (κ2) is 9.87. The molecule has 0 atom stereocenters. The lowest BCUT2D eigenvalue weighted by atomic mass is 10.1. The van der Waals surface area contributed by atoms with Crippen LogP contribution < -0.4 is 5.32 Å². The molecule has 1 aromatic carbocycles. The maximum Gasteiger partial charge on any atom is 0.341 e. The van der Waals surface area contributed by atoms with E-state index in [0.717, 1.165) is 16.1 Å². The van der Waals surface area contributed by atoms with Gasteiger partial charge >= 0.3 is 5.97 Å². The summed E-state index contributed by atoms with van der Waals surface area (Å²) < 4.78 is 4.98. The molecule has 4 aromatic rings. The van der Waals surface area contributed by atoms with E-state index in [1.165, 1.54) is 18.4 Å². The summed E-state index contributed by atoms with van der Waals surface area (Å²) in [7, 11) is 1.34. The smallest absolute Gasteiger partial charge is 0.341 e. The van der Waals surface area contributed by atoms with Gasteiger partial charge in [-0.1, -0.05) is 49.2 Å². The summed E-state index contributed by atoms with van der Waals surface area (Å²) in [5, 5.41) is 4.74. The van der Waals surface area contributed by atoms with E-state index in [1.54, 1.807) is 30.6 Å². The third kappa shape index (κ3) is 5.00. The van der Waals surface area contributed by atoms with E-state index >= 15 is 0 Å². The third-order valence-electron chi connectivity index (χ3n) is 4.85. The summed E-state index contributed by atoms with van der Waals surface area (Å²) in [5.41, 5.74) is 3.38. The van der Waals surface area contributed by atoms with Crippen LogP contribution in [0.15, 0.2) is 54.9 Å². The number of methoxy groups -OCH3 is 1. The second-order valence-electron chi connectivity index (χ2n) is 7.47. The van der Waals surface area contributed by atoms with Crippen molar-refractivity contribution in [3.8, 4) is 22.5 Å². The minimum atomic E-state index is -0.506. The maximum atomic E-state index is 12.5. The molecule has 6 nitrogen and oxygen atoms in total. The van der Waals surface area contributed by atoms with Crippen molar-refractivity contribution in [1.29, 1.82) is 0 Å². The lowest BCUT2D eigenvalue weighted by Gasteiger charge is -2.10. The molecule has 1 N–H and O–H groups in total. The van der Waals surface area contributed by atoms with Gasteiger partial charge in [-0.25, -0.2) is 14.8 Å². The summed E-state index contributed by atoms with van der Waals surface area (Å²) in [6.07, 6.45) is 3.35. The quantitative estimate of drug-likeness (QED) is 0.282. The number of esters is 1. The van der Waals surface area contributed by atoms with Gasteiger partial charge in [0.25, 0.3) is 0 Å². The van der Waals surface area contributed by atoms with Crippen molar-refractivity contribution < 1.29 is 9.53 Å². The van der Waals surface area contributed by atoms with Gasteiger partial charge in [0.1, 0.15) is 11.4 Å². The first-order valence-electron chi connectivity index (χ1n) is 10.1. The largest absolute Gasteiger partial charge is 0.465 e. The number of rotatable bonds is 6. The third-order valence-corrected chi connectivity index (χ3v) is 6.86. The number of carbonyl (C=O) groups is 1. The Morgan fingerprint density at radius 3 is 2.55 bits per heavy atom. The fraction of sp³-hybridized carbons (Fsp3) is 0.167. The highest BCUT2D eigenvalue weighted by Crippen LogP contribution is 2.39. The van der Waals surface area contributed by atoms with Crippen molar-refractivity contribution in [2.24, 2.45) is 0 Å². The van der Waals surface area contributed by atoms with Crippen LogP contribution in [0.25, 0.3) is 22.5 Å². The standard InChI is InChI=1S/C24H20Cl2N4O2S/c1-13(2)21-20(14-7-8-17(25)18(26)11-14)29-24(33-21)30-22-16(23(31)32-3)10-15(12-28-22)19-6-4-5-9-27-19/h4-13H,1-3H3,(H,28,29,30). The summed E-state index contributed by atoms with van der Waals surface area (Å²) in [5.74, 6) is 0.0708. The lowest BCUT2D eigenvalue weighted by molar-refractivity contribution is 0.0601. The number of hydrogen-bond acceptors (Lipinski definition) is 7. The normalized spacial score (nSPS) is 11.0. The zero-order valence-corrected chi connectivity index (χ0v) is 20.4. The number of aromatic nitrogens is 3. The maximum absolute atomic E-state index is 12.5. The average molecular weight is 499 g/mol. The Bertz CT molecular complexity index is 1310. The van der Waals surface area contributed by atoms with Gasteiger partial charge in [-0.05, 0) is 36.2 Å². The average Bonchev–Trinajstić information content (AvgIpc) is 3.25. The monoisotopic (exact) mass is 498 g/mol. The molecule has 0 saturated heterocycles. The molecule has 4 rings (SSSR count). The minimum Gasteiger partial charge on any atom is -0.465 e. The van der Waals surface area contributed by atoms with Crippen molar-refractivity contribution in [3.05, 3.63) is 75.3 Å². The first-order chi connectivity index (χ1) is 15.9. The summed E-state index contributed by atoms with van der Waals surface area (Å²) >= 11 is 13.8. The van der Waals surface area contributed by atoms with Crippen LogP contribution in [0.3, 0.4) is 0 Å². The molecule has 0 aliphatic heterocycles. The van der Waals surface area contributed by atoms with Gasteiger partial charge in [0, 0.05) is 28.4 Å². The van der Waals surface area contributed by atoms with Gasteiger partial charge < -0.3 is 10.1 Å². The Morgan fingerprint density at radius 2 is 1.88 bits per heavy atom. The Hall–Kier alpha value is -3.00. The molecule has 0 aliphatic carbocycles. The first kappa shape index (κ1) is 23.2. The number of thiazole rings is 1. The van der Waals surface area contributed by atoms with Gasteiger partial charge in [0.15, 0.2) is 5.13 Å². The molecule has 0 fully saturated rings. The Labute approximate surface area is 205 Å². The lowest BCUT2D eigenvalue weighted by Crippen LogP contribution is -2.08. The van der Waals surface area contributed by atoms with Crippen molar-refractivity contribution in [1.82, 2.24) is 15.0 Å². The van der Waals surface area contributed by atoms with E-state index in [1.807, 2.05) is 24.3 Å². The van der Waals surface area contributed by atoms with Gasteiger partial charge in [-0.2, -0.15) is 0 Å². The number of ether oxygens (including phenoxy) is 1. The zero-order valence-electron chi connectivity index (χ0n) is 18.1. The molecule has 0 radical (unpaired) electrons. The van der Waals surface area contributed by atoms with Crippen LogP contribution in [0.5, 0.6) is 0 Å². The van der Waals surface area contributed by atoms with E-state index in [0.29, 0.717) is 32.3 Å². The van der Waals surface area contributed by atoms with Crippen molar-refractivity contribution in [2.75, 3.05) is 12.4 Å². The minimum absolute atomic E-state index is 0.224. The van der Waals surface area contributed by atoms with Crippen molar-refractivity contribution >= 4 is 51.5 Å². The van der Waals surface area contributed by atoms with Crippen LogP contribution in [0, 0.1) is 0 Å². The van der Waals surface area contributed by atoms with Crippen LogP contribution in [0.2, 0.25) is 10.0 Å². The molecular formula is C24H20Cl2N4O2S. The zero-order chi connectivity index (χ0) is 23.5. The SMILES string of the molecule is COC(=O)c1cc(-c2ccccn2)cnc1Nc1nc(-c2ccc(Cl)c(Cl)c2)c(C(C)C)s1. The fourth-order valence-electron chi connectivity index (χ4n) is 3.23. The van der Waals surface area contributed by atoms with Gasteiger partial charge in [-0.3, -0.25) is 4.98 Å². The number of benzene rings is 1. The molecule has 3 aromatic heterocycles. The molecule has 0 amide bonds. The number of halogens is 2. The van der Waals surface area contributed by atoms with Crippen LogP contribution in [0.1, 0.15) is 35.0 Å². The first-order valence-corrected chi connectivity index (χ1v) is 11.7. The van der Waals surface area contributed by atoms with E-state index < -0.39 is 5.97 Å². The second-order valence-corrected chi connectivity index (χ2v) is 9.31. The number of pyridine rings is 2. The summed E-state index contributed by atoms with van der Waals surface area (Å²) in [6, 6.07) is 12.7. The highest BCUT2D eigenvalue weighted by atomic mass is 35.5. The number of hydrogen-bond donors (Lipinski definition) is 1. The molecular weight excluding hydrogens is 479 g/mol. The molecule has 0 bridgehead atoms. The van der Waals surface area contributed by atoms with Gasteiger partial charge in [-0.15, -0.1) is 11.3 Å². The molecule has 9 heteroatoms. The number of carbonyl (C=O) groups excluding carboxylic acids is 1. The molecule has 3 heterocycles. The predicted octanol–water partition coefficient (Wildman–Crippen LogP) is 7.23. The van der Waals surface area contributed by atoms with Crippen LogP contribution in [-0.2, 0) is 4.74 Å². The Balaban J connectivity index is 1.74. The fourth-order valence-corrected chi connectivity index (χ4v) is 4.52. The van der Waals surface area contributed by atoms with Crippen LogP contribution in [0.4, 0.5) is 10.9 Å². The van der Waals surface area contributed by atoms with E-state index in [-0.39, 0.29) is 11.5 Å². The Kier molecular flexibility index (Phi) is 6.93. The van der Waals surface area contributed by atoms with Crippen LogP contribution in [-0.4, -0.2) is 28.0 Å². The molecule has 0 unspecified atom stereocenters. The molecule has 0 spiro atoms. The topological polar surface area (TPSA) is 77.0 Å². The number of nitrogens with one attached hydrogen (secondary N) is 1. The predicted molar refractivity (Wildman–Crippen MR) is 134 cm³/mol. The molecule has 0 aliphatic rings. The van der Waals surface area contributed by atoms with Gasteiger partial charge in [0.2, 0.25) is 0 Å². The summed E-state index contributed by atoms with van der Waals surface area (Å²) in [6.45, 7) is 4.19. The van der Waals surface area contributed by atoms with Crippen molar-refractivity contribution in [2.45, 2.75) is 19.8 Å². The highest BCUT2D eigenvalue weighted by molar-refractivity contribution is 7.16. The van der Waals surface area contributed by atoms with Crippen molar-refractivity contribution in [3.63, 3.8) is 0 Å². The van der Waals surface area contributed by atoms with E-state index in [2.05, 4.69) is 29.1 Å². The molecule has 168 valence electrons. The molecule has 0 saturated carbocycles. The molecule has 33 heavy (non-hydrogen) atoms. The summed E-state index contributed by atoms with van der Waals surface area (Å²) in [4.78, 5) is 27.2. The highest BCUT2D eigenvalue weighted by Gasteiger charge is 2.20. The number of anilines is 2.